The van der Waals surface area contributed by atoms with Gasteiger partial charge in [0.25, 0.3) is 0 Å². The first kappa shape index (κ1) is 21.4. The second kappa shape index (κ2) is 6.35. The maximum Gasteiger partial charge on any atom is 0.235 e. The topological polar surface area (TPSA) is 198 Å². The number of aliphatic hydroxyl groups is 2. The molecule has 7 N–H and O–H groups in total. The predicted molar refractivity (Wildman–Crippen MR) is 104 cm³/mol. The molecule has 0 bridgehead atoms. The number of phenols is 1. The molecule has 31 heavy (non-hydrogen) atoms. The fourth-order valence-corrected chi connectivity index (χ4v) is 5.51. The molecule has 0 heterocycles. The maximum absolute atomic E-state index is 13.4. The Hall–Kier alpha value is -2.82. The number of carbonyl (C=O) groups excluding carboxylic acids is 5. The SMILES string of the molecule is C[C@@]1(O)c2cc(Cl)c(N)c(O)c2C(=O)C2C(=O)[C@]3(O)C(=O)C(C(N)=O)C(=O)C[C@@H]3C[C@@H]21. The van der Waals surface area contributed by atoms with E-state index in [9.17, 15) is 39.3 Å². The second-order valence-electron chi connectivity index (χ2n) is 8.57. The number of rotatable bonds is 1. The van der Waals surface area contributed by atoms with Gasteiger partial charge in [-0.2, -0.15) is 0 Å². The van der Waals surface area contributed by atoms with Gasteiger partial charge in [-0.05, 0) is 25.0 Å². The number of benzene rings is 1. The third kappa shape index (κ3) is 2.49. The molecular formula is C20H19ClN2O8. The van der Waals surface area contributed by atoms with Crippen LogP contribution in [0, 0.1) is 23.7 Å². The number of phenolic OH excluding ortho intramolecular Hbond substituents is 1. The lowest BCUT2D eigenvalue weighted by atomic mass is 9.51. The molecule has 0 aromatic heterocycles. The van der Waals surface area contributed by atoms with Gasteiger partial charge in [0.05, 0.1) is 27.8 Å². The number of ketones is 4. The van der Waals surface area contributed by atoms with Crippen LogP contribution in [0.4, 0.5) is 5.69 Å². The van der Waals surface area contributed by atoms with Crippen LogP contribution in [-0.4, -0.2) is 50.0 Å². The van der Waals surface area contributed by atoms with Crippen LogP contribution >= 0.6 is 11.6 Å². The van der Waals surface area contributed by atoms with E-state index in [0.717, 1.165) is 0 Å². The molecule has 1 aromatic carbocycles. The summed E-state index contributed by atoms with van der Waals surface area (Å²) in [7, 11) is 0. The van der Waals surface area contributed by atoms with Crippen molar-refractivity contribution < 1.29 is 39.3 Å². The van der Waals surface area contributed by atoms with E-state index in [4.69, 9.17) is 23.1 Å². The molecule has 0 aliphatic heterocycles. The zero-order chi connectivity index (χ0) is 23.2. The third-order valence-electron chi connectivity index (χ3n) is 6.97. The summed E-state index contributed by atoms with van der Waals surface area (Å²) in [5.74, 6) is -12.6. The quantitative estimate of drug-likeness (QED) is 0.207. The van der Waals surface area contributed by atoms with Gasteiger partial charge >= 0.3 is 0 Å². The highest BCUT2D eigenvalue weighted by atomic mass is 35.5. The highest BCUT2D eigenvalue weighted by Gasteiger charge is 2.68. The first-order valence-electron chi connectivity index (χ1n) is 9.47. The molecule has 11 heteroatoms. The van der Waals surface area contributed by atoms with Crippen LogP contribution < -0.4 is 11.5 Å². The number of nitrogens with two attached hydrogens (primary N) is 2. The Morgan fingerprint density at radius 2 is 1.81 bits per heavy atom. The Labute approximate surface area is 180 Å². The van der Waals surface area contributed by atoms with Gasteiger partial charge in [0.1, 0.15) is 0 Å². The number of hydrogen-bond donors (Lipinski definition) is 5. The van der Waals surface area contributed by atoms with Gasteiger partial charge in [0.15, 0.2) is 40.4 Å². The number of carbonyl (C=O) groups is 5. The summed E-state index contributed by atoms with van der Waals surface area (Å²) < 4.78 is 0. The molecule has 164 valence electrons. The molecule has 3 aliphatic carbocycles. The van der Waals surface area contributed by atoms with Crippen LogP contribution in [0.3, 0.4) is 0 Å². The minimum atomic E-state index is -2.80. The number of aromatic hydroxyl groups is 1. The molecule has 1 amide bonds. The number of primary amides is 1. The van der Waals surface area contributed by atoms with Gasteiger partial charge in [0, 0.05) is 18.3 Å². The van der Waals surface area contributed by atoms with Gasteiger partial charge in [0.2, 0.25) is 5.91 Å². The minimum Gasteiger partial charge on any atom is -0.505 e. The van der Waals surface area contributed by atoms with E-state index in [-0.39, 0.29) is 22.7 Å². The monoisotopic (exact) mass is 450 g/mol. The Balaban J connectivity index is 1.92. The van der Waals surface area contributed by atoms with Crippen LogP contribution in [0.1, 0.15) is 35.7 Å². The van der Waals surface area contributed by atoms with E-state index in [0.29, 0.717) is 0 Å². The Morgan fingerprint density at radius 3 is 2.39 bits per heavy atom. The van der Waals surface area contributed by atoms with E-state index in [1.165, 1.54) is 13.0 Å². The molecule has 0 radical (unpaired) electrons. The highest BCUT2D eigenvalue weighted by molar-refractivity contribution is 6.35. The van der Waals surface area contributed by atoms with Crippen LogP contribution in [-0.2, 0) is 24.8 Å². The molecule has 0 saturated heterocycles. The number of fused-ring (bicyclic) bond motifs is 3. The number of halogens is 1. The Kier molecular flexibility index (Phi) is 4.38. The van der Waals surface area contributed by atoms with Crippen molar-refractivity contribution in [2.45, 2.75) is 31.0 Å². The van der Waals surface area contributed by atoms with Crippen molar-refractivity contribution in [2.24, 2.45) is 29.4 Å². The van der Waals surface area contributed by atoms with Gasteiger partial charge in [-0.1, -0.05) is 11.6 Å². The third-order valence-corrected chi connectivity index (χ3v) is 7.28. The molecule has 1 aromatic rings. The molecule has 2 unspecified atom stereocenters. The summed E-state index contributed by atoms with van der Waals surface area (Å²) in [5, 5.41) is 32.7. The van der Waals surface area contributed by atoms with E-state index in [1.54, 1.807) is 0 Å². The van der Waals surface area contributed by atoms with Crippen molar-refractivity contribution in [1.29, 1.82) is 0 Å². The van der Waals surface area contributed by atoms with E-state index >= 15 is 0 Å². The first-order chi connectivity index (χ1) is 14.3. The van der Waals surface area contributed by atoms with E-state index in [1.807, 2.05) is 0 Å². The van der Waals surface area contributed by atoms with Crippen molar-refractivity contribution in [1.82, 2.24) is 0 Å². The lowest BCUT2D eigenvalue weighted by molar-refractivity contribution is -0.182. The smallest absolute Gasteiger partial charge is 0.235 e. The summed E-state index contributed by atoms with van der Waals surface area (Å²) in [6.07, 6.45) is -0.757. The number of amides is 1. The Morgan fingerprint density at radius 1 is 1.19 bits per heavy atom. The van der Waals surface area contributed by atoms with E-state index in [2.05, 4.69) is 0 Å². The van der Waals surface area contributed by atoms with Gasteiger partial charge in [-0.25, -0.2) is 0 Å². The van der Waals surface area contributed by atoms with Gasteiger partial charge in [-0.15, -0.1) is 0 Å². The first-order valence-corrected chi connectivity index (χ1v) is 9.85. The summed E-state index contributed by atoms with van der Waals surface area (Å²) in [5.41, 5.74) is 5.28. The van der Waals surface area contributed by atoms with Crippen molar-refractivity contribution in [3.63, 3.8) is 0 Å². The van der Waals surface area contributed by atoms with Crippen molar-refractivity contribution >= 4 is 46.3 Å². The fraction of sp³-hybridized carbons (Fsp3) is 0.450. The lowest BCUT2D eigenvalue weighted by Crippen LogP contribution is -2.69. The fourth-order valence-electron chi connectivity index (χ4n) is 5.31. The molecule has 2 saturated carbocycles. The van der Waals surface area contributed by atoms with Crippen LogP contribution in [0.2, 0.25) is 5.02 Å². The number of anilines is 1. The zero-order valence-electron chi connectivity index (χ0n) is 16.2. The van der Waals surface area contributed by atoms with Crippen molar-refractivity contribution in [3.8, 4) is 5.75 Å². The molecule has 0 spiro atoms. The van der Waals surface area contributed by atoms with Crippen LogP contribution in [0.5, 0.6) is 5.75 Å². The highest BCUT2D eigenvalue weighted by Crippen LogP contribution is 2.56. The predicted octanol–water partition coefficient (Wildman–Crippen LogP) is -0.773. The van der Waals surface area contributed by atoms with Crippen molar-refractivity contribution in [2.75, 3.05) is 5.73 Å². The number of Topliss-reactive ketones (excluding diaryl/α,β-unsaturated/α-hetero) is 4. The average molecular weight is 451 g/mol. The van der Waals surface area contributed by atoms with E-state index < -0.39 is 81.6 Å². The summed E-state index contributed by atoms with van der Waals surface area (Å²) in [6.45, 7) is 1.30. The molecule has 2 fully saturated rings. The van der Waals surface area contributed by atoms with Gasteiger partial charge < -0.3 is 26.8 Å². The Bertz CT molecular complexity index is 1110. The van der Waals surface area contributed by atoms with Crippen LogP contribution in [0.25, 0.3) is 0 Å². The summed E-state index contributed by atoms with van der Waals surface area (Å²) in [6, 6.07) is 1.21. The molecule has 10 nitrogen and oxygen atoms in total. The molecule has 6 atom stereocenters. The largest absolute Gasteiger partial charge is 0.505 e. The maximum atomic E-state index is 13.4. The molecule has 4 rings (SSSR count). The summed E-state index contributed by atoms with van der Waals surface area (Å²) in [4.78, 5) is 63.4. The lowest BCUT2D eigenvalue weighted by Gasteiger charge is -2.52. The second-order valence-corrected chi connectivity index (χ2v) is 8.98. The molecular weight excluding hydrogens is 432 g/mol. The average Bonchev–Trinajstić information content (AvgIpc) is 2.66. The standard InChI is InChI=1S/C20H19ClN2O8/c1-19(30)6-2-5-3-9(24)12(18(23)29)17(28)20(5,31)16(27)11(6)14(25)10-7(19)4-8(21)13(22)15(10)26/h4-6,11-12,26,30-31H,2-3,22H2,1H3,(H2,23,29)/t5-,6-,11?,12?,19-,20-/m0/s1. The summed E-state index contributed by atoms with van der Waals surface area (Å²) >= 11 is 6.00. The van der Waals surface area contributed by atoms with Crippen molar-refractivity contribution in [3.05, 3.63) is 22.2 Å². The van der Waals surface area contributed by atoms with Gasteiger partial charge in [-0.3, -0.25) is 24.0 Å². The normalized spacial score (nSPS) is 37.2. The zero-order valence-corrected chi connectivity index (χ0v) is 17.0. The number of nitrogen functional groups attached to an aromatic ring is 1. The minimum absolute atomic E-state index is 0.0582. The molecule has 3 aliphatic rings. The number of hydrogen-bond acceptors (Lipinski definition) is 9. The van der Waals surface area contributed by atoms with Crippen LogP contribution in [0.15, 0.2) is 6.07 Å².